The molecule has 0 aliphatic carbocycles. The molecule has 0 fully saturated rings. The Hall–Kier alpha value is -1.45. The van der Waals surface area contributed by atoms with Crippen LogP contribution < -0.4 is 0 Å². The number of nitrogens with zero attached hydrogens (tertiary/aromatic N) is 3. The van der Waals surface area contributed by atoms with Crippen molar-refractivity contribution in [3.8, 4) is 0 Å². The van der Waals surface area contributed by atoms with E-state index in [2.05, 4.69) is 29.0 Å². The van der Waals surface area contributed by atoms with Gasteiger partial charge in [-0.1, -0.05) is 19.0 Å². The first kappa shape index (κ1) is 8.16. The van der Waals surface area contributed by atoms with Crippen LogP contribution >= 0.6 is 0 Å². The van der Waals surface area contributed by atoms with Crippen molar-refractivity contribution in [1.29, 1.82) is 0 Å². The lowest BCUT2D eigenvalue weighted by atomic mass is 10.1. The van der Waals surface area contributed by atoms with Crippen molar-refractivity contribution in [2.45, 2.75) is 26.7 Å². The molecule has 2 aromatic rings. The second-order valence-corrected chi connectivity index (χ2v) is 3.36. The molecule has 0 aromatic carbocycles. The molecule has 0 atom stereocenters. The average Bonchev–Trinajstić information content (AvgIpc) is 2.48. The summed E-state index contributed by atoms with van der Waals surface area (Å²) in [5.41, 5.74) is 3.28. The third kappa shape index (κ3) is 1.18. The molecule has 0 saturated heterocycles. The minimum atomic E-state index is 0.331. The highest BCUT2D eigenvalue weighted by Crippen LogP contribution is 2.22. The van der Waals surface area contributed by atoms with Gasteiger partial charge in [0.05, 0.1) is 5.69 Å². The van der Waals surface area contributed by atoms with E-state index in [4.69, 9.17) is 4.52 Å². The lowest BCUT2D eigenvalue weighted by Gasteiger charge is -2.01. The SMILES string of the molecule is Cc1noc2c(C(C)C)ncnc12. The molecule has 2 heterocycles. The minimum Gasteiger partial charge on any atom is -0.352 e. The molecule has 0 saturated carbocycles. The molecule has 0 amide bonds. The predicted molar refractivity (Wildman–Crippen MR) is 48.4 cm³/mol. The molecule has 4 nitrogen and oxygen atoms in total. The van der Waals surface area contributed by atoms with E-state index in [1.54, 1.807) is 6.33 Å². The largest absolute Gasteiger partial charge is 0.352 e. The van der Waals surface area contributed by atoms with Gasteiger partial charge in [0.1, 0.15) is 17.5 Å². The van der Waals surface area contributed by atoms with Gasteiger partial charge in [0.25, 0.3) is 0 Å². The van der Waals surface area contributed by atoms with Gasteiger partial charge in [0, 0.05) is 0 Å². The summed E-state index contributed by atoms with van der Waals surface area (Å²) < 4.78 is 5.17. The van der Waals surface area contributed by atoms with Crippen molar-refractivity contribution in [1.82, 2.24) is 15.1 Å². The maximum atomic E-state index is 5.17. The van der Waals surface area contributed by atoms with Crippen LogP contribution in [0.5, 0.6) is 0 Å². The molecule has 4 heteroatoms. The number of fused-ring (bicyclic) bond motifs is 1. The van der Waals surface area contributed by atoms with E-state index in [9.17, 15) is 0 Å². The highest BCUT2D eigenvalue weighted by Gasteiger charge is 2.13. The van der Waals surface area contributed by atoms with E-state index in [0.29, 0.717) is 5.92 Å². The summed E-state index contributed by atoms with van der Waals surface area (Å²) >= 11 is 0. The number of rotatable bonds is 1. The van der Waals surface area contributed by atoms with Gasteiger partial charge in [-0.05, 0) is 12.8 Å². The lowest BCUT2D eigenvalue weighted by Crippen LogP contribution is -1.93. The van der Waals surface area contributed by atoms with E-state index >= 15 is 0 Å². The van der Waals surface area contributed by atoms with Crippen LogP contribution in [0, 0.1) is 6.92 Å². The zero-order valence-corrected chi connectivity index (χ0v) is 7.90. The van der Waals surface area contributed by atoms with E-state index < -0.39 is 0 Å². The summed E-state index contributed by atoms with van der Waals surface area (Å²) in [4.78, 5) is 8.29. The van der Waals surface area contributed by atoms with Crippen LogP contribution in [0.3, 0.4) is 0 Å². The van der Waals surface area contributed by atoms with Crippen LogP contribution in [-0.4, -0.2) is 15.1 Å². The molecule has 0 aliphatic heterocycles. The molecular formula is C9H11N3O. The number of aromatic nitrogens is 3. The molecule has 0 unspecified atom stereocenters. The van der Waals surface area contributed by atoms with Crippen LogP contribution in [0.15, 0.2) is 10.9 Å². The molecule has 0 spiro atoms. The minimum absolute atomic E-state index is 0.331. The normalized spacial score (nSPS) is 11.4. The van der Waals surface area contributed by atoms with E-state index in [1.165, 1.54) is 0 Å². The van der Waals surface area contributed by atoms with E-state index in [1.807, 2.05) is 6.92 Å². The fraction of sp³-hybridized carbons (Fsp3) is 0.444. The summed E-state index contributed by atoms with van der Waals surface area (Å²) in [7, 11) is 0. The summed E-state index contributed by atoms with van der Waals surface area (Å²) in [6, 6.07) is 0. The van der Waals surface area contributed by atoms with Gasteiger partial charge in [-0.25, -0.2) is 9.97 Å². The Morgan fingerprint density at radius 1 is 1.31 bits per heavy atom. The zero-order valence-electron chi connectivity index (χ0n) is 7.90. The van der Waals surface area contributed by atoms with E-state index in [-0.39, 0.29) is 0 Å². The Kier molecular flexibility index (Phi) is 1.76. The van der Waals surface area contributed by atoms with Gasteiger partial charge in [-0.15, -0.1) is 0 Å². The standard InChI is InChI=1S/C9H11N3O/c1-5(2)7-9-8(11-4-10-7)6(3)12-13-9/h4-5H,1-3H3. The molecule has 0 N–H and O–H groups in total. The second-order valence-electron chi connectivity index (χ2n) is 3.36. The van der Waals surface area contributed by atoms with E-state index in [0.717, 1.165) is 22.5 Å². The molecule has 0 radical (unpaired) electrons. The number of hydrogen-bond donors (Lipinski definition) is 0. The fourth-order valence-electron chi connectivity index (χ4n) is 1.30. The first-order chi connectivity index (χ1) is 6.20. The zero-order chi connectivity index (χ0) is 9.42. The van der Waals surface area contributed by atoms with Crippen molar-refractivity contribution in [2.75, 3.05) is 0 Å². The average molecular weight is 177 g/mol. The maximum Gasteiger partial charge on any atom is 0.207 e. The highest BCUT2D eigenvalue weighted by molar-refractivity contribution is 5.76. The third-order valence-corrected chi connectivity index (χ3v) is 1.99. The number of aryl methyl sites for hydroxylation is 1. The summed E-state index contributed by atoms with van der Waals surface area (Å²) in [6.07, 6.45) is 1.56. The van der Waals surface area contributed by atoms with Gasteiger partial charge < -0.3 is 4.52 Å². The lowest BCUT2D eigenvalue weighted by molar-refractivity contribution is 0.445. The van der Waals surface area contributed by atoms with Gasteiger partial charge >= 0.3 is 0 Å². The van der Waals surface area contributed by atoms with Crippen molar-refractivity contribution >= 4 is 11.1 Å². The van der Waals surface area contributed by atoms with Crippen LogP contribution in [0.1, 0.15) is 31.2 Å². The van der Waals surface area contributed by atoms with Gasteiger partial charge in [-0.2, -0.15) is 0 Å². The van der Waals surface area contributed by atoms with Gasteiger partial charge in [0.2, 0.25) is 5.58 Å². The molecular weight excluding hydrogens is 166 g/mol. The van der Waals surface area contributed by atoms with Crippen molar-refractivity contribution < 1.29 is 4.52 Å². The Balaban J connectivity index is 2.77. The second kappa shape index (κ2) is 2.80. The quantitative estimate of drug-likeness (QED) is 0.668. The predicted octanol–water partition coefficient (Wildman–Crippen LogP) is 2.05. The summed E-state index contributed by atoms with van der Waals surface area (Å²) in [6.45, 7) is 6.02. The topological polar surface area (TPSA) is 51.8 Å². The summed E-state index contributed by atoms with van der Waals surface area (Å²) in [5, 5.41) is 3.86. The third-order valence-electron chi connectivity index (χ3n) is 1.99. The first-order valence-electron chi connectivity index (χ1n) is 4.27. The van der Waals surface area contributed by atoms with Crippen molar-refractivity contribution in [3.63, 3.8) is 0 Å². The Labute approximate surface area is 76.0 Å². The number of hydrogen-bond acceptors (Lipinski definition) is 4. The van der Waals surface area contributed by atoms with Crippen LogP contribution in [0.4, 0.5) is 0 Å². The van der Waals surface area contributed by atoms with Crippen LogP contribution in [-0.2, 0) is 0 Å². The molecule has 13 heavy (non-hydrogen) atoms. The monoisotopic (exact) mass is 177 g/mol. The molecule has 0 aliphatic rings. The maximum absolute atomic E-state index is 5.17. The Morgan fingerprint density at radius 3 is 2.77 bits per heavy atom. The smallest absolute Gasteiger partial charge is 0.207 e. The van der Waals surface area contributed by atoms with Crippen LogP contribution in [0.2, 0.25) is 0 Å². The Bertz CT molecular complexity index is 433. The highest BCUT2D eigenvalue weighted by atomic mass is 16.5. The fourth-order valence-corrected chi connectivity index (χ4v) is 1.30. The van der Waals surface area contributed by atoms with Gasteiger partial charge in [-0.3, -0.25) is 0 Å². The van der Waals surface area contributed by atoms with Crippen molar-refractivity contribution in [2.24, 2.45) is 0 Å². The Morgan fingerprint density at radius 2 is 2.08 bits per heavy atom. The molecule has 2 aromatic heterocycles. The molecule has 2 rings (SSSR count). The van der Waals surface area contributed by atoms with Crippen LogP contribution in [0.25, 0.3) is 11.1 Å². The van der Waals surface area contributed by atoms with Gasteiger partial charge in [0.15, 0.2) is 0 Å². The summed E-state index contributed by atoms with van der Waals surface area (Å²) in [5.74, 6) is 0.331. The first-order valence-corrected chi connectivity index (χ1v) is 4.27. The molecule has 0 bridgehead atoms. The van der Waals surface area contributed by atoms with Crippen molar-refractivity contribution in [3.05, 3.63) is 17.7 Å². The molecule has 68 valence electrons.